The minimum Gasteiger partial charge on any atom is -0.391 e. The molecule has 0 radical (unpaired) electrons. The fourth-order valence-electron chi connectivity index (χ4n) is 1.16. The molecule has 0 aliphatic rings. The Balaban J connectivity index is 2.36. The van der Waals surface area contributed by atoms with Gasteiger partial charge >= 0.3 is 0 Å². The Bertz CT molecular complexity index is 383. The highest BCUT2D eigenvalue weighted by Gasteiger charge is 2.00. The average Bonchev–Trinajstić information content (AvgIpc) is 2.67. The van der Waals surface area contributed by atoms with Gasteiger partial charge in [0, 0.05) is 17.3 Å². The summed E-state index contributed by atoms with van der Waals surface area (Å²) < 4.78 is 0. The van der Waals surface area contributed by atoms with Crippen molar-refractivity contribution in [1.82, 2.24) is 4.98 Å². The highest BCUT2D eigenvalue weighted by molar-refractivity contribution is 7.10. The third kappa shape index (κ3) is 1.76. The molecular weight excluding hydrogens is 182 g/mol. The van der Waals surface area contributed by atoms with E-state index in [-0.39, 0.29) is 6.61 Å². The predicted octanol–water partition coefficient (Wildman–Crippen LogP) is 2.30. The monoisotopic (exact) mass is 191 g/mol. The van der Waals surface area contributed by atoms with Crippen molar-refractivity contribution in [3.8, 4) is 11.1 Å². The van der Waals surface area contributed by atoms with Crippen molar-refractivity contribution in [1.29, 1.82) is 0 Å². The summed E-state index contributed by atoms with van der Waals surface area (Å²) in [5.41, 5.74) is 2.29. The number of rotatable bonds is 2. The van der Waals surface area contributed by atoms with Crippen LogP contribution in [0.4, 0.5) is 0 Å². The molecule has 0 fully saturated rings. The van der Waals surface area contributed by atoms with E-state index in [2.05, 4.69) is 4.98 Å². The summed E-state index contributed by atoms with van der Waals surface area (Å²) in [5, 5.41) is 10.9. The Kier molecular flexibility index (Phi) is 2.38. The minimum absolute atomic E-state index is 0.121. The van der Waals surface area contributed by atoms with E-state index in [4.69, 9.17) is 5.11 Å². The molecule has 2 heterocycles. The van der Waals surface area contributed by atoms with Crippen LogP contribution in [0, 0.1) is 0 Å². The standard InChI is InChI=1S/C10H9NOS/c12-6-10-5-9(7-13-10)8-1-3-11-4-2-8/h1-5,7,12H,6H2. The molecule has 2 nitrogen and oxygen atoms in total. The van der Waals surface area contributed by atoms with E-state index < -0.39 is 0 Å². The lowest BCUT2D eigenvalue weighted by Gasteiger charge is -1.93. The molecule has 0 bridgehead atoms. The molecule has 1 N–H and O–H groups in total. The van der Waals surface area contributed by atoms with Crippen molar-refractivity contribution in [2.45, 2.75) is 6.61 Å². The summed E-state index contributed by atoms with van der Waals surface area (Å²) >= 11 is 1.57. The number of nitrogens with zero attached hydrogens (tertiary/aromatic N) is 1. The van der Waals surface area contributed by atoms with E-state index in [9.17, 15) is 0 Å². The van der Waals surface area contributed by atoms with Crippen LogP contribution in [0.5, 0.6) is 0 Å². The maximum Gasteiger partial charge on any atom is 0.0774 e. The molecule has 13 heavy (non-hydrogen) atoms. The highest BCUT2D eigenvalue weighted by Crippen LogP contribution is 2.24. The van der Waals surface area contributed by atoms with Crippen molar-refractivity contribution < 1.29 is 5.11 Å². The van der Waals surface area contributed by atoms with Gasteiger partial charge in [0.15, 0.2) is 0 Å². The summed E-state index contributed by atoms with van der Waals surface area (Å²) in [5.74, 6) is 0. The van der Waals surface area contributed by atoms with Gasteiger partial charge in [-0.2, -0.15) is 0 Å². The molecule has 66 valence electrons. The Morgan fingerprint density at radius 2 is 2.00 bits per heavy atom. The Morgan fingerprint density at radius 1 is 1.23 bits per heavy atom. The first-order valence-electron chi connectivity index (χ1n) is 3.99. The first kappa shape index (κ1) is 8.41. The number of aromatic nitrogens is 1. The van der Waals surface area contributed by atoms with Crippen LogP contribution in [-0.4, -0.2) is 10.1 Å². The largest absolute Gasteiger partial charge is 0.391 e. The molecule has 0 saturated carbocycles. The minimum atomic E-state index is 0.121. The molecule has 0 aliphatic heterocycles. The van der Waals surface area contributed by atoms with Crippen LogP contribution in [-0.2, 0) is 6.61 Å². The van der Waals surface area contributed by atoms with Crippen molar-refractivity contribution in [3.05, 3.63) is 40.8 Å². The average molecular weight is 191 g/mol. The Hall–Kier alpha value is -1.19. The fourth-order valence-corrected chi connectivity index (χ4v) is 1.91. The summed E-state index contributed by atoms with van der Waals surface area (Å²) in [4.78, 5) is 4.94. The van der Waals surface area contributed by atoms with Gasteiger partial charge in [-0.1, -0.05) is 0 Å². The first-order valence-corrected chi connectivity index (χ1v) is 4.87. The van der Waals surface area contributed by atoms with Gasteiger partial charge in [0.2, 0.25) is 0 Å². The quantitative estimate of drug-likeness (QED) is 0.790. The number of aliphatic hydroxyl groups is 1. The van der Waals surface area contributed by atoms with E-state index in [1.165, 1.54) is 0 Å². The number of aliphatic hydroxyl groups excluding tert-OH is 1. The van der Waals surface area contributed by atoms with E-state index in [0.29, 0.717) is 0 Å². The summed E-state index contributed by atoms with van der Waals surface area (Å²) in [6, 6.07) is 5.92. The fraction of sp³-hybridized carbons (Fsp3) is 0.100. The Morgan fingerprint density at radius 3 is 2.62 bits per heavy atom. The van der Waals surface area contributed by atoms with E-state index in [1.807, 2.05) is 23.6 Å². The summed E-state index contributed by atoms with van der Waals surface area (Å²) in [7, 11) is 0. The molecule has 0 aliphatic carbocycles. The summed E-state index contributed by atoms with van der Waals surface area (Å²) in [6.07, 6.45) is 3.54. The topological polar surface area (TPSA) is 33.1 Å². The SMILES string of the molecule is OCc1cc(-c2ccncc2)cs1. The second-order valence-corrected chi connectivity index (χ2v) is 3.69. The van der Waals surface area contributed by atoms with Crippen LogP contribution in [0.1, 0.15) is 4.88 Å². The molecule has 0 unspecified atom stereocenters. The van der Waals surface area contributed by atoms with Crippen molar-refractivity contribution >= 4 is 11.3 Å². The predicted molar refractivity (Wildman–Crippen MR) is 53.5 cm³/mol. The van der Waals surface area contributed by atoms with Crippen LogP contribution < -0.4 is 0 Å². The molecule has 2 rings (SSSR count). The van der Waals surface area contributed by atoms with Gasteiger partial charge in [-0.3, -0.25) is 4.98 Å². The number of pyridine rings is 1. The smallest absolute Gasteiger partial charge is 0.0774 e. The van der Waals surface area contributed by atoms with E-state index in [0.717, 1.165) is 16.0 Å². The van der Waals surface area contributed by atoms with Gasteiger partial charge in [-0.25, -0.2) is 0 Å². The first-order chi connectivity index (χ1) is 6.40. The van der Waals surface area contributed by atoms with Crippen LogP contribution >= 0.6 is 11.3 Å². The molecule has 0 atom stereocenters. The van der Waals surface area contributed by atoms with Crippen LogP contribution in [0.2, 0.25) is 0 Å². The number of hydrogen-bond donors (Lipinski definition) is 1. The molecule has 0 amide bonds. The second kappa shape index (κ2) is 3.68. The van der Waals surface area contributed by atoms with Crippen LogP contribution in [0.15, 0.2) is 36.0 Å². The van der Waals surface area contributed by atoms with Crippen LogP contribution in [0.25, 0.3) is 11.1 Å². The molecule has 2 aromatic heterocycles. The zero-order valence-electron chi connectivity index (χ0n) is 6.97. The number of hydrogen-bond acceptors (Lipinski definition) is 3. The maximum atomic E-state index is 8.90. The molecular formula is C10H9NOS. The van der Waals surface area contributed by atoms with E-state index >= 15 is 0 Å². The van der Waals surface area contributed by atoms with Crippen molar-refractivity contribution in [3.63, 3.8) is 0 Å². The van der Waals surface area contributed by atoms with Gasteiger partial charge in [0.1, 0.15) is 0 Å². The number of thiophene rings is 1. The zero-order valence-corrected chi connectivity index (χ0v) is 7.79. The lowest BCUT2D eigenvalue weighted by atomic mass is 10.1. The third-order valence-corrected chi connectivity index (χ3v) is 2.74. The van der Waals surface area contributed by atoms with Crippen LogP contribution in [0.3, 0.4) is 0 Å². The lowest BCUT2D eigenvalue weighted by molar-refractivity contribution is 0.285. The lowest BCUT2D eigenvalue weighted by Crippen LogP contribution is -1.75. The van der Waals surface area contributed by atoms with Gasteiger partial charge in [0.25, 0.3) is 0 Å². The maximum absolute atomic E-state index is 8.90. The molecule has 0 spiro atoms. The molecule has 0 aromatic carbocycles. The van der Waals surface area contributed by atoms with Gasteiger partial charge < -0.3 is 5.11 Å². The van der Waals surface area contributed by atoms with Crippen molar-refractivity contribution in [2.24, 2.45) is 0 Å². The van der Waals surface area contributed by atoms with Crippen molar-refractivity contribution in [2.75, 3.05) is 0 Å². The normalized spacial score (nSPS) is 10.2. The molecule has 0 saturated heterocycles. The molecule has 2 aromatic rings. The second-order valence-electron chi connectivity index (χ2n) is 2.70. The third-order valence-electron chi connectivity index (χ3n) is 1.82. The van der Waals surface area contributed by atoms with Gasteiger partial charge in [-0.05, 0) is 34.7 Å². The summed E-state index contributed by atoms with van der Waals surface area (Å²) in [6.45, 7) is 0.121. The zero-order chi connectivity index (χ0) is 9.10. The van der Waals surface area contributed by atoms with Gasteiger partial charge in [0.05, 0.1) is 6.61 Å². The molecule has 3 heteroatoms. The van der Waals surface area contributed by atoms with E-state index in [1.54, 1.807) is 23.7 Å². The van der Waals surface area contributed by atoms with Gasteiger partial charge in [-0.15, -0.1) is 11.3 Å². The Labute approximate surface area is 80.5 Å². The highest BCUT2D eigenvalue weighted by atomic mass is 32.1.